The van der Waals surface area contributed by atoms with E-state index in [0.29, 0.717) is 37.3 Å². The predicted molar refractivity (Wildman–Crippen MR) is 186 cm³/mol. The number of nitrogens with zero attached hydrogens (tertiary/aromatic N) is 2. The van der Waals surface area contributed by atoms with Crippen LogP contribution >= 0.6 is 27.3 Å². The van der Waals surface area contributed by atoms with Crippen LogP contribution in [0.5, 0.6) is 5.19 Å². The van der Waals surface area contributed by atoms with Gasteiger partial charge in [-0.1, -0.05) is 52.3 Å². The average molecular weight is 781 g/mol. The second-order valence-electron chi connectivity index (χ2n) is 14.3. The maximum absolute atomic E-state index is 14.3. The summed E-state index contributed by atoms with van der Waals surface area (Å²) < 4.78 is 41.2. The number of halogens is 1. The van der Waals surface area contributed by atoms with E-state index in [2.05, 4.69) is 36.3 Å². The van der Waals surface area contributed by atoms with Crippen molar-refractivity contribution in [2.24, 2.45) is 5.92 Å². The van der Waals surface area contributed by atoms with E-state index >= 15 is 0 Å². The van der Waals surface area contributed by atoms with Gasteiger partial charge >= 0.3 is 6.09 Å². The molecule has 0 radical (unpaired) electrons. The van der Waals surface area contributed by atoms with Gasteiger partial charge in [-0.15, -0.1) is 0 Å². The molecule has 6 rings (SSSR count). The van der Waals surface area contributed by atoms with Crippen LogP contribution in [0.3, 0.4) is 0 Å². The zero-order valence-corrected chi connectivity index (χ0v) is 30.9. The zero-order valence-electron chi connectivity index (χ0n) is 27.7. The normalized spacial score (nSPS) is 28.7. The molecule has 5 atom stereocenters. The van der Waals surface area contributed by atoms with E-state index in [1.165, 1.54) is 16.2 Å². The molecule has 2 aliphatic heterocycles. The fraction of sp³-hybridized carbons (Fsp3) is 0.606. The molecule has 16 heteroatoms. The lowest BCUT2D eigenvalue weighted by Crippen LogP contribution is -2.58. The minimum atomic E-state index is -3.87. The second kappa shape index (κ2) is 13.8. The Balaban J connectivity index is 1.28. The first-order valence-corrected chi connectivity index (χ1v) is 19.9. The van der Waals surface area contributed by atoms with Gasteiger partial charge in [-0.05, 0) is 77.5 Å². The number of nitrogens with one attached hydrogen (secondary N) is 3. The number of alkyl carbamates (subject to hydrolysis) is 1. The molecule has 3 N–H and O–H groups in total. The lowest BCUT2D eigenvalue weighted by Gasteiger charge is -2.30. The fourth-order valence-corrected chi connectivity index (χ4v) is 9.16. The van der Waals surface area contributed by atoms with Crippen LogP contribution in [0.1, 0.15) is 78.6 Å². The Kier molecular flexibility index (Phi) is 10.0. The number of hydrogen-bond acceptors (Lipinski definition) is 10. The summed E-state index contributed by atoms with van der Waals surface area (Å²) in [7, 11) is -3.87. The van der Waals surface area contributed by atoms with Crippen LogP contribution < -0.4 is 20.1 Å². The highest BCUT2D eigenvalue weighted by atomic mass is 79.9. The lowest BCUT2D eigenvalue weighted by atomic mass is 10.0. The van der Waals surface area contributed by atoms with Crippen molar-refractivity contribution in [2.75, 3.05) is 6.54 Å². The minimum Gasteiger partial charge on any atom is -0.465 e. The molecule has 3 fully saturated rings. The van der Waals surface area contributed by atoms with Crippen LogP contribution in [0.15, 0.2) is 34.8 Å². The van der Waals surface area contributed by atoms with Crippen molar-refractivity contribution < 1.29 is 37.1 Å². The molecule has 2 aliphatic carbocycles. The van der Waals surface area contributed by atoms with Crippen molar-refractivity contribution in [1.82, 2.24) is 25.2 Å². The number of ether oxygens (including phenoxy) is 2. The number of hydrogen-bond donors (Lipinski definition) is 3. The van der Waals surface area contributed by atoms with Crippen LogP contribution in [-0.4, -0.2) is 83.2 Å². The summed E-state index contributed by atoms with van der Waals surface area (Å²) in [6.45, 7) is 5.22. The summed E-state index contributed by atoms with van der Waals surface area (Å²) in [5.74, 6) is -2.26. The molecule has 3 heterocycles. The molecule has 266 valence electrons. The van der Waals surface area contributed by atoms with E-state index < -0.39 is 74.3 Å². The first kappa shape index (κ1) is 35.6. The molecule has 4 aliphatic rings. The van der Waals surface area contributed by atoms with Crippen molar-refractivity contribution in [3.8, 4) is 5.19 Å². The maximum atomic E-state index is 14.3. The van der Waals surface area contributed by atoms with E-state index in [1.54, 1.807) is 20.8 Å². The monoisotopic (exact) mass is 779 g/mol. The highest BCUT2D eigenvalue weighted by Gasteiger charge is 2.62. The number of allylic oxidation sites excluding steroid dienone is 1. The summed E-state index contributed by atoms with van der Waals surface area (Å²) in [5.41, 5.74) is -1.52. The van der Waals surface area contributed by atoms with Gasteiger partial charge in [0.2, 0.25) is 21.8 Å². The number of fused-ring (bicyclic) bond motifs is 3. The standard InChI is InChI=1S/C33H42BrN5O8S2/c1-32(2,3)47-30(43)35-24-10-8-6-4-5-7-9-19-17-33(19,29(42)38-49(44,45)22-12-13-22)37-27(40)25-16-21(18-39(25)28(24)41)46-31-36-23-14-11-20(34)15-26(23)48-31/h7,9,11,14-15,19,21-22,24-25H,4-6,8,10,12-13,16-18H2,1-3H3,(H,35,43)(H,37,40)(H,38,42)/b9-7-/t19-,21-,24+,25+,33-/m1/s1. The molecular formula is C33H42BrN5O8S2. The van der Waals surface area contributed by atoms with Gasteiger partial charge in [0.05, 0.1) is 22.0 Å². The van der Waals surface area contributed by atoms with Gasteiger partial charge in [0.1, 0.15) is 29.3 Å². The molecule has 1 aromatic carbocycles. The topological polar surface area (TPSA) is 173 Å². The molecule has 1 saturated heterocycles. The number of rotatable bonds is 6. The second-order valence-corrected chi connectivity index (χ2v) is 18.2. The van der Waals surface area contributed by atoms with Crippen LogP contribution in [0, 0.1) is 5.92 Å². The van der Waals surface area contributed by atoms with Gasteiger partial charge < -0.3 is 25.0 Å². The number of sulfonamides is 1. The molecule has 2 saturated carbocycles. The van der Waals surface area contributed by atoms with E-state index in [1.807, 2.05) is 30.4 Å². The van der Waals surface area contributed by atoms with Crippen LogP contribution in [-0.2, 0) is 29.1 Å². The van der Waals surface area contributed by atoms with Gasteiger partial charge in [0.15, 0.2) is 0 Å². The third kappa shape index (κ3) is 8.39. The molecule has 4 amide bonds. The summed E-state index contributed by atoms with van der Waals surface area (Å²) >= 11 is 4.81. The molecule has 0 bridgehead atoms. The van der Waals surface area contributed by atoms with Crippen LogP contribution in [0.4, 0.5) is 4.79 Å². The van der Waals surface area contributed by atoms with Gasteiger partial charge in [0, 0.05) is 16.8 Å². The van der Waals surface area contributed by atoms with E-state index in [9.17, 15) is 27.6 Å². The smallest absolute Gasteiger partial charge is 0.408 e. The third-order valence-electron chi connectivity index (χ3n) is 9.13. The summed E-state index contributed by atoms with van der Waals surface area (Å²) in [5, 5.41) is 5.36. The Hall–Kier alpha value is -3.24. The average Bonchev–Trinajstić information content (AvgIpc) is 3.90. The largest absolute Gasteiger partial charge is 0.465 e. The number of carbonyl (C=O) groups is 4. The Labute approximate surface area is 298 Å². The van der Waals surface area contributed by atoms with E-state index in [-0.39, 0.29) is 19.4 Å². The number of benzene rings is 1. The van der Waals surface area contributed by atoms with Crippen LogP contribution in [0.25, 0.3) is 10.2 Å². The first-order chi connectivity index (χ1) is 23.1. The quantitative estimate of drug-likeness (QED) is 0.362. The molecule has 0 unspecified atom stereocenters. The Morgan fingerprint density at radius 1 is 1.14 bits per heavy atom. The van der Waals surface area contributed by atoms with Gasteiger partial charge in [-0.25, -0.2) is 18.2 Å². The van der Waals surface area contributed by atoms with Crippen LogP contribution in [0.2, 0.25) is 0 Å². The summed E-state index contributed by atoms with van der Waals surface area (Å²) in [6, 6.07) is 3.63. The fourth-order valence-electron chi connectivity index (χ4n) is 6.37. The molecular weight excluding hydrogens is 738 g/mol. The Morgan fingerprint density at radius 2 is 1.92 bits per heavy atom. The first-order valence-electron chi connectivity index (χ1n) is 16.7. The molecule has 1 aromatic heterocycles. The molecule has 2 aromatic rings. The van der Waals surface area contributed by atoms with E-state index in [0.717, 1.165) is 27.5 Å². The highest BCUT2D eigenvalue weighted by Crippen LogP contribution is 2.46. The number of thiazole rings is 1. The third-order valence-corrected chi connectivity index (χ3v) is 12.4. The van der Waals surface area contributed by atoms with Crippen molar-refractivity contribution in [1.29, 1.82) is 0 Å². The Morgan fingerprint density at radius 3 is 2.65 bits per heavy atom. The number of amides is 4. The van der Waals surface area contributed by atoms with Crippen molar-refractivity contribution in [3.63, 3.8) is 0 Å². The van der Waals surface area contributed by atoms with Gasteiger partial charge in [-0.2, -0.15) is 0 Å². The van der Waals surface area contributed by atoms with Crippen molar-refractivity contribution in [3.05, 3.63) is 34.8 Å². The summed E-state index contributed by atoms with van der Waals surface area (Å²) in [4.78, 5) is 60.9. The number of aromatic nitrogens is 1. The van der Waals surface area contributed by atoms with Crippen molar-refractivity contribution in [2.45, 2.75) is 113 Å². The highest BCUT2D eigenvalue weighted by molar-refractivity contribution is 9.10. The summed E-state index contributed by atoms with van der Waals surface area (Å²) in [6.07, 6.45) is 6.99. The SMILES string of the molecule is CC(C)(C)OC(=O)N[C@H]1CCCCC/C=C\[C@@H]2C[C@@]2(C(=O)NS(=O)(=O)C2CC2)NC(=O)[C@@H]2C[C@@H](Oc3nc4ccc(Br)cc4s3)CN2C1=O. The molecule has 0 spiro atoms. The van der Waals surface area contributed by atoms with Gasteiger partial charge in [-0.3, -0.25) is 19.1 Å². The maximum Gasteiger partial charge on any atom is 0.408 e. The van der Waals surface area contributed by atoms with E-state index in [4.69, 9.17) is 9.47 Å². The lowest BCUT2D eigenvalue weighted by molar-refractivity contribution is -0.141. The molecule has 49 heavy (non-hydrogen) atoms. The number of carbonyl (C=O) groups excluding carboxylic acids is 4. The Bertz CT molecular complexity index is 1770. The van der Waals surface area contributed by atoms with Crippen molar-refractivity contribution >= 4 is 71.3 Å². The predicted octanol–water partition coefficient (Wildman–Crippen LogP) is 4.30. The zero-order chi connectivity index (χ0) is 35.1. The molecule has 13 nitrogen and oxygen atoms in total. The van der Waals surface area contributed by atoms with Gasteiger partial charge in [0.25, 0.3) is 11.1 Å². The minimum absolute atomic E-state index is 0.0294.